The maximum atomic E-state index is 11.0. The van der Waals surface area contributed by atoms with Crippen LogP contribution in [0.4, 0.5) is 11.6 Å². The lowest BCUT2D eigenvalue weighted by Gasteiger charge is -2.02. The van der Waals surface area contributed by atoms with Gasteiger partial charge >= 0.3 is 5.97 Å². The second-order valence-electron chi connectivity index (χ2n) is 5.15. The number of rotatable bonds is 3. The molecule has 0 aliphatic rings. The lowest BCUT2D eigenvalue weighted by Crippen LogP contribution is -1.96. The van der Waals surface area contributed by atoms with Crippen LogP contribution in [-0.2, 0) is 0 Å². The Kier molecular flexibility index (Phi) is 2.93. The van der Waals surface area contributed by atoms with E-state index in [1.54, 1.807) is 28.8 Å². The van der Waals surface area contributed by atoms with Crippen LogP contribution >= 0.6 is 0 Å². The predicted octanol–water partition coefficient (Wildman–Crippen LogP) is 2.52. The molecule has 3 N–H and O–H groups in total. The molecule has 4 aromatic rings. The van der Waals surface area contributed by atoms with Crippen LogP contribution in [0.25, 0.3) is 16.8 Å². The molecule has 0 saturated carbocycles. The quantitative estimate of drug-likeness (QED) is 0.534. The van der Waals surface area contributed by atoms with E-state index in [0.717, 1.165) is 11.2 Å². The lowest BCUT2D eigenvalue weighted by atomic mass is 10.2. The van der Waals surface area contributed by atoms with E-state index in [9.17, 15) is 4.79 Å². The van der Waals surface area contributed by atoms with Gasteiger partial charge in [-0.3, -0.25) is 5.10 Å². The van der Waals surface area contributed by atoms with Gasteiger partial charge in [-0.05, 0) is 36.4 Å². The van der Waals surface area contributed by atoms with Crippen molar-refractivity contribution in [3.63, 3.8) is 0 Å². The maximum Gasteiger partial charge on any atom is 0.335 e. The molecule has 0 amide bonds. The molecule has 8 nitrogen and oxygen atoms in total. The van der Waals surface area contributed by atoms with Crippen molar-refractivity contribution in [2.45, 2.75) is 0 Å². The number of carboxylic acids is 1. The number of imidazole rings is 1. The number of H-pyrrole nitrogens is 1. The molecule has 2 aromatic carbocycles. The number of anilines is 2. The molecule has 0 fully saturated rings. The van der Waals surface area contributed by atoms with Gasteiger partial charge in [-0.15, -0.1) is 0 Å². The highest BCUT2D eigenvalue weighted by molar-refractivity contribution is 5.93. The van der Waals surface area contributed by atoms with Crippen LogP contribution in [0.5, 0.6) is 0 Å². The molecule has 0 bridgehead atoms. The summed E-state index contributed by atoms with van der Waals surface area (Å²) in [5.74, 6) is -0.107. The maximum absolute atomic E-state index is 11.0. The smallest absolute Gasteiger partial charge is 0.335 e. The third-order valence-electron chi connectivity index (χ3n) is 3.57. The van der Waals surface area contributed by atoms with Crippen molar-refractivity contribution in [3.05, 3.63) is 53.6 Å². The molecule has 2 heterocycles. The first-order chi connectivity index (χ1) is 11.6. The Balaban J connectivity index is 1.73. The molecule has 0 radical (unpaired) electrons. The van der Waals surface area contributed by atoms with Crippen molar-refractivity contribution in [2.75, 3.05) is 5.32 Å². The van der Waals surface area contributed by atoms with E-state index < -0.39 is 5.97 Å². The molecule has 116 valence electrons. The number of aromatic amines is 1. The number of nitrogens with zero attached hydrogens (tertiary/aromatic N) is 4. The van der Waals surface area contributed by atoms with Gasteiger partial charge in [-0.25, -0.2) is 14.3 Å². The third-order valence-corrected chi connectivity index (χ3v) is 3.57. The Morgan fingerprint density at radius 1 is 1.25 bits per heavy atom. The number of fused-ring (bicyclic) bond motifs is 3. The third kappa shape index (κ3) is 2.21. The summed E-state index contributed by atoms with van der Waals surface area (Å²) in [4.78, 5) is 19.7. The minimum absolute atomic E-state index is 0.176. The summed E-state index contributed by atoms with van der Waals surface area (Å²) >= 11 is 0. The Bertz CT molecular complexity index is 1130. The largest absolute Gasteiger partial charge is 0.478 e. The molecule has 0 aliphatic carbocycles. The van der Waals surface area contributed by atoms with Gasteiger partial charge in [0.1, 0.15) is 0 Å². The number of aromatic carboxylic acids is 1. The number of carbonyl (C=O) groups is 1. The summed E-state index contributed by atoms with van der Waals surface area (Å²) in [5.41, 5.74) is 2.72. The highest BCUT2D eigenvalue weighted by atomic mass is 16.4. The van der Waals surface area contributed by atoms with Crippen molar-refractivity contribution in [2.24, 2.45) is 0 Å². The highest BCUT2D eigenvalue weighted by Gasteiger charge is 2.12. The Hall–Kier alpha value is -3.86. The fraction of sp³-hybridized carbons (Fsp3) is 0. The van der Waals surface area contributed by atoms with Crippen molar-refractivity contribution in [1.82, 2.24) is 19.6 Å². The highest BCUT2D eigenvalue weighted by Crippen LogP contribution is 2.20. The number of carboxylic acid groups (broad SMARTS) is 1. The van der Waals surface area contributed by atoms with Gasteiger partial charge in [0, 0.05) is 5.69 Å². The summed E-state index contributed by atoms with van der Waals surface area (Å²) in [6, 6.07) is 13.8. The molecule has 24 heavy (non-hydrogen) atoms. The number of nitriles is 1. The normalized spacial score (nSPS) is 10.8. The standard InChI is InChI=1S/C16H10N6O2/c17-8-9-2-1-3-11(6-9)18-15-20-16-19-12-7-10(14(23)24)4-5-13(12)22(16)21-15/h1-7H,(H,23,24)(H2,18,19,20,21). The number of hydrogen-bond acceptors (Lipinski definition) is 5. The SMILES string of the molecule is N#Cc1cccc(Nc2nc3nc4cc(C(=O)O)ccc4n3[nH]2)c1. The van der Waals surface area contributed by atoms with Crippen molar-refractivity contribution < 1.29 is 9.90 Å². The van der Waals surface area contributed by atoms with Gasteiger partial charge in [-0.2, -0.15) is 10.2 Å². The lowest BCUT2D eigenvalue weighted by molar-refractivity contribution is 0.0697. The zero-order chi connectivity index (χ0) is 16.7. The second kappa shape index (κ2) is 5.10. The molecule has 0 spiro atoms. The summed E-state index contributed by atoms with van der Waals surface area (Å²) in [5, 5.41) is 24.1. The van der Waals surface area contributed by atoms with E-state index in [-0.39, 0.29) is 5.56 Å². The molecule has 4 rings (SSSR count). The molecule has 2 aromatic heterocycles. The van der Waals surface area contributed by atoms with Crippen LogP contribution in [0, 0.1) is 11.3 Å². The van der Waals surface area contributed by atoms with Gasteiger partial charge in [0.15, 0.2) is 0 Å². The zero-order valence-electron chi connectivity index (χ0n) is 12.2. The molecule has 0 unspecified atom stereocenters. The Labute approximate surface area is 135 Å². The average Bonchev–Trinajstić information content (AvgIpc) is 3.11. The van der Waals surface area contributed by atoms with E-state index in [4.69, 9.17) is 10.4 Å². The first-order valence-corrected chi connectivity index (χ1v) is 7.03. The van der Waals surface area contributed by atoms with Gasteiger partial charge in [0.2, 0.25) is 5.95 Å². The minimum atomic E-state index is -0.999. The topological polar surface area (TPSA) is 119 Å². The van der Waals surface area contributed by atoms with Gasteiger partial charge in [0.25, 0.3) is 5.78 Å². The first kappa shape index (κ1) is 13.8. The monoisotopic (exact) mass is 318 g/mol. The van der Waals surface area contributed by atoms with Crippen LogP contribution in [0.2, 0.25) is 0 Å². The first-order valence-electron chi connectivity index (χ1n) is 7.03. The van der Waals surface area contributed by atoms with E-state index in [2.05, 4.69) is 26.5 Å². The van der Waals surface area contributed by atoms with Crippen LogP contribution in [-0.4, -0.2) is 30.7 Å². The average molecular weight is 318 g/mol. The fourth-order valence-electron chi connectivity index (χ4n) is 2.48. The van der Waals surface area contributed by atoms with Crippen molar-refractivity contribution in [1.29, 1.82) is 5.26 Å². The summed E-state index contributed by atoms with van der Waals surface area (Å²) in [6.45, 7) is 0. The Morgan fingerprint density at radius 3 is 2.92 bits per heavy atom. The van der Waals surface area contributed by atoms with E-state index in [1.807, 2.05) is 6.07 Å². The minimum Gasteiger partial charge on any atom is -0.478 e. The van der Waals surface area contributed by atoms with Crippen molar-refractivity contribution >= 4 is 34.4 Å². The molecule has 0 atom stereocenters. The molecule has 0 saturated heterocycles. The molecular weight excluding hydrogens is 308 g/mol. The van der Waals surface area contributed by atoms with E-state index in [0.29, 0.717) is 22.8 Å². The number of nitrogens with one attached hydrogen (secondary N) is 2. The number of benzene rings is 2. The van der Waals surface area contributed by atoms with Crippen LogP contribution in [0.1, 0.15) is 15.9 Å². The van der Waals surface area contributed by atoms with Gasteiger partial charge < -0.3 is 10.4 Å². The summed E-state index contributed by atoms with van der Waals surface area (Å²) in [6.07, 6.45) is 0. The van der Waals surface area contributed by atoms with Crippen LogP contribution in [0.3, 0.4) is 0 Å². The van der Waals surface area contributed by atoms with Crippen LogP contribution in [0.15, 0.2) is 42.5 Å². The predicted molar refractivity (Wildman–Crippen MR) is 86.2 cm³/mol. The van der Waals surface area contributed by atoms with Gasteiger partial charge in [-0.1, -0.05) is 6.07 Å². The van der Waals surface area contributed by atoms with Crippen molar-refractivity contribution in [3.8, 4) is 6.07 Å². The fourth-order valence-corrected chi connectivity index (χ4v) is 2.48. The number of aromatic nitrogens is 4. The van der Waals surface area contributed by atoms with Crippen LogP contribution < -0.4 is 5.32 Å². The molecule has 0 aliphatic heterocycles. The van der Waals surface area contributed by atoms with Gasteiger partial charge in [0.05, 0.1) is 28.2 Å². The van der Waals surface area contributed by atoms with E-state index >= 15 is 0 Å². The number of hydrogen-bond donors (Lipinski definition) is 3. The van der Waals surface area contributed by atoms with E-state index in [1.165, 1.54) is 12.1 Å². The zero-order valence-corrected chi connectivity index (χ0v) is 12.2. The Morgan fingerprint density at radius 2 is 2.12 bits per heavy atom. The summed E-state index contributed by atoms with van der Waals surface area (Å²) in [7, 11) is 0. The summed E-state index contributed by atoms with van der Waals surface area (Å²) < 4.78 is 1.66. The second-order valence-corrected chi connectivity index (χ2v) is 5.15. The molecule has 8 heteroatoms. The molecular formula is C16H10N6O2.